The van der Waals surface area contributed by atoms with Crippen molar-refractivity contribution in [2.75, 3.05) is 5.75 Å². The van der Waals surface area contributed by atoms with Crippen molar-refractivity contribution < 1.29 is 5.11 Å². The Hall–Kier alpha value is -0.470. The van der Waals surface area contributed by atoms with Crippen LogP contribution in [0.4, 0.5) is 0 Å². The zero-order valence-electron chi connectivity index (χ0n) is 9.95. The second-order valence-corrected chi connectivity index (χ2v) is 5.67. The predicted octanol–water partition coefficient (Wildman–Crippen LogP) is 3.49. The molecule has 1 unspecified atom stereocenters. The zero-order chi connectivity index (χ0) is 11.5. The lowest BCUT2D eigenvalue weighted by Gasteiger charge is -2.27. The minimum absolute atomic E-state index is 0.287. The fourth-order valence-electron chi connectivity index (χ4n) is 1.10. The fraction of sp³-hybridized carbons (Fsp3) is 0.538. The van der Waals surface area contributed by atoms with Crippen LogP contribution in [0.2, 0.25) is 0 Å². The molecule has 0 saturated carbocycles. The van der Waals surface area contributed by atoms with Crippen LogP contribution < -0.4 is 0 Å². The topological polar surface area (TPSA) is 20.2 Å². The molecule has 0 radical (unpaired) electrons. The minimum Gasteiger partial charge on any atom is -0.389 e. The molecule has 0 fully saturated rings. The molecule has 0 heterocycles. The smallest absolute Gasteiger partial charge is 0.0736 e. The monoisotopic (exact) mass is 224 g/mol. The Labute approximate surface area is 96.9 Å². The van der Waals surface area contributed by atoms with Gasteiger partial charge in [0.15, 0.2) is 0 Å². The van der Waals surface area contributed by atoms with Gasteiger partial charge in [0, 0.05) is 10.6 Å². The summed E-state index contributed by atoms with van der Waals surface area (Å²) in [5, 5.41) is 10.1. The molecule has 1 aromatic rings. The van der Waals surface area contributed by atoms with E-state index in [1.807, 2.05) is 6.92 Å². The van der Waals surface area contributed by atoms with E-state index in [-0.39, 0.29) is 5.92 Å². The molecule has 0 aliphatic carbocycles. The highest BCUT2D eigenvalue weighted by molar-refractivity contribution is 7.99. The normalized spacial score (nSPS) is 15.3. The van der Waals surface area contributed by atoms with Gasteiger partial charge in [-0.3, -0.25) is 0 Å². The molecule has 1 nitrogen and oxygen atoms in total. The van der Waals surface area contributed by atoms with Crippen molar-refractivity contribution in [2.45, 2.75) is 38.2 Å². The van der Waals surface area contributed by atoms with Crippen LogP contribution in [0, 0.1) is 12.8 Å². The zero-order valence-corrected chi connectivity index (χ0v) is 10.8. The minimum atomic E-state index is -0.589. The molecule has 1 atom stereocenters. The Balaban J connectivity index is 2.57. The summed E-state index contributed by atoms with van der Waals surface area (Å²) in [7, 11) is 0. The summed E-state index contributed by atoms with van der Waals surface area (Å²) in [6.07, 6.45) is 0. The lowest BCUT2D eigenvalue weighted by molar-refractivity contribution is 0.0376. The molecule has 15 heavy (non-hydrogen) atoms. The van der Waals surface area contributed by atoms with Crippen LogP contribution in [0.25, 0.3) is 0 Å². The third-order valence-electron chi connectivity index (χ3n) is 2.76. The largest absolute Gasteiger partial charge is 0.389 e. The summed E-state index contributed by atoms with van der Waals surface area (Å²) in [6, 6.07) is 8.39. The van der Waals surface area contributed by atoms with Gasteiger partial charge in [0.05, 0.1) is 5.60 Å². The molecule has 0 saturated heterocycles. The van der Waals surface area contributed by atoms with Crippen molar-refractivity contribution in [1.82, 2.24) is 0 Å². The van der Waals surface area contributed by atoms with Gasteiger partial charge in [-0.15, -0.1) is 11.8 Å². The van der Waals surface area contributed by atoms with Gasteiger partial charge < -0.3 is 5.11 Å². The standard InChI is InChI=1S/C13H20OS/c1-10(2)13(4,14)9-15-12-7-5-6-11(3)8-12/h5-8,10,14H,9H2,1-4H3. The molecule has 0 aromatic heterocycles. The number of thioether (sulfide) groups is 1. The molecular weight excluding hydrogens is 204 g/mol. The van der Waals surface area contributed by atoms with E-state index in [0.29, 0.717) is 0 Å². The lowest BCUT2D eigenvalue weighted by Crippen LogP contribution is -2.33. The Kier molecular flexibility index (Phi) is 4.23. The van der Waals surface area contributed by atoms with E-state index in [9.17, 15) is 5.11 Å². The molecule has 0 bridgehead atoms. The van der Waals surface area contributed by atoms with E-state index in [1.165, 1.54) is 10.5 Å². The first-order valence-electron chi connectivity index (χ1n) is 5.33. The van der Waals surface area contributed by atoms with Gasteiger partial charge in [0.2, 0.25) is 0 Å². The quantitative estimate of drug-likeness (QED) is 0.790. The Bertz CT molecular complexity index is 318. The summed E-state index contributed by atoms with van der Waals surface area (Å²) in [5.74, 6) is 1.03. The van der Waals surface area contributed by atoms with E-state index in [1.54, 1.807) is 11.8 Å². The molecule has 0 aliphatic rings. The van der Waals surface area contributed by atoms with Crippen LogP contribution in [-0.2, 0) is 0 Å². The molecule has 0 aliphatic heterocycles. The summed E-state index contributed by atoms with van der Waals surface area (Å²) in [6.45, 7) is 8.10. The van der Waals surface area contributed by atoms with E-state index in [2.05, 4.69) is 45.0 Å². The fourth-order valence-corrected chi connectivity index (χ4v) is 2.34. The molecule has 1 N–H and O–H groups in total. The summed E-state index contributed by atoms with van der Waals surface area (Å²) in [5.41, 5.74) is 0.679. The van der Waals surface area contributed by atoms with Gasteiger partial charge in [-0.05, 0) is 31.9 Å². The number of aryl methyl sites for hydroxylation is 1. The van der Waals surface area contributed by atoms with Gasteiger partial charge >= 0.3 is 0 Å². The maximum absolute atomic E-state index is 10.1. The first-order valence-corrected chi connectivity index (χ1v) is 6.32. The van der Waals surface area contributed by atoms with Crippen LogP contribution in [0.15, 0.2) is 29.2 Å². The van der Waals surface area contributed by atoms with Crippen molar-refractivity contribution in [2.24, 2.45) is 5.92 Å². The number of benzene rings is 1. The third kappa shape index (κ3) is 3.88. The van der Waals surface area contributed by atoms with Gasteiger partial charge in [-0.2, -0.15) is 0 Å². The Morgan fingerprint density at radius 2 is 2.07 bits per heavy atom. The maximum Gasteiger partial charge on any atom is 0.0736 e. The van der Waals surface area contributed by atoms with Crippen molar-refractivity contribution in [3.05, 3.63) is 29.8 Å². The highest BCUT2D eigenvalue weighted by Gasteiger charge is 2.24. The number of hydrogen-bond donors (Lipinski definition) is 1. The molecule has 2 heteroatoms. The predicted molar refractivity (Wildman–Crippen MR) is 67.4 cm³/mol. The third-order valence-corrected chi connectivity index (χ3v) is 4.08. The number of aliphatic hydroxyl groups is 1. The average Bonchev–Trinajstić information content (AvgIpc) is 2.15. The highest BCUT2D eigenvalue weighted by Crippen LogP contribution is 2.27. The second-order valence-electron chi connectivity index (χ2n) is 4.62. The molecular formula is C13H20OS. The molecule has 84 valence electrons. The van der Waals surface area contributed by atoms with Crippen LogP contribution in [0.5, 0.6) is 0 Å². The molecule has 0 amide bonds. The summed E-state index contributed by atoms with van der Waals surface area (Å²) >= 11 is 1.72. The highest BCUT2D eigenvalue weighted by atomic mass is 32.2. The molecule has 1 aromatic carbocycles. The van der Waals surface area contributed by atoms with Crippen LogP contribution in [0.1, 0.15) is 26.3 Å². The molecule has 1 rings (SSSR count). The van der Waals surface area contributed by atoms with Crippen LogP contribution >= 0.6 is 11.8 Å². The van der Waals surface area contributed by atoms with Gasteiger partial charge in [0.1, 0.15) is 0 Å². The Morgan fingerprint density at radius 1 is 1.40 bits per heavy atom. The van der Waals surface area contributed by atoms with Crippen molar-refractivity contribution in [3.8, 4) is 0 Å². The van der Waals surface area contributed by atoms with E-state index < -0.39 is 5.60 Å². The first kappa shape index (κ1) is 12.6. The van der Waals surface area contributed by atoms with E-state index in [4.69, 9.17) is 0 Å². The number of rotatable bonds is 4. The van der Waals surface area contributed by atoms with Gasteiger partial charge in [0.25, 0.3) is 0 Å². The van der Waals surface area contributed by atoms with Gasteiger partial charge in [-0.1, -0.05) is 31.5 Å². The maximum atomic E-state index is 10.1. The second kappa shape index (κ2) is 5.04. The van der Waals surface area contributed by atoms with Crippen molar-refractivity contribution in [1.29, 1.82) is 0 Å². The lowest BCUT2D eigenvalue weighted by atomic mass is 9.95. The number of hydrogen-bond acceptors (Lipinski definition) is 2. The average molecular weight is 224 g/mol. The van der Waals surface area contributed by atoms with Crippen molar-refractivity contribution >= 4 is 11.8 Å². The Morgan fingerprint density at radius 3 is 2.60 bits per heavy atom. The summed E-state index contributed by atoms with van der Waals surface area (Å²) in [4.78, 5) is 1.23. The van der Waals surface area contributed by atoms with Crippen LogP contribution in [-0.4, -0.2) is 16.5 Å². The van der Waals surface area contributed by atoms with Gasteiger partial charge in [-0.25, -0.2) is 0 Å². The molecule has 0 spiro atoms. The summed E-state index contributed by atoms with van der Waals surface area (Å²) < 4.78 is 0. The first-order chi connectivity index (χ1) is 6.92. The van der Waals surface area contributed by atoms with E-state index in [0.717, 1.165) is 5.75 Å². The SMILES string of the molecule is Cc1cccc(SCC(C)(O)C(C)C)c1. The van der Waals surface area contributed by atoms with Crippen molar-refractivity contribution in [3.63, 3.8) is 0 Å². The van der Waals surface area contributed by atoms with E-state index >= 15 is 0 Å². The van der Waals surface area contributed by atoms with Crippen LogP contribution in [0.3, 0.4) is 0 Å².